The van der Waals surface area contributed by atoms with E-state index in [1.807, 2.05) is 4.57 Å². The van der Waals surface area contributed by atoms with Gasteiger partial charge in [-0.25, -0.2) is 0 Å². The number of nitrogens with zero attached hydrogens (tertiary/aromatic N) is 2. The van der Waals surface area contributed by atoms with Crippen molar-refractivity contribution in [2.45, 2.75) is 70.2 Å². The summed E-state index contributed by atoms with van der Waals surface area (Å²) in [6, 6.07) is 2.19. The first-order chi connectivity index (χ1) is 11.1. The van der Waals surface area contributed by atoms with Crippen molar-refractivity contribution in [1.82, 2.24) is 9.47 Å². The van der Waals surface area contributed by atoms with E-state index in [2.05, 4.69) is 11.9 Å². The summed E-state index contributed by atoms with van der Waals surface area (Å²) in [6.45, 7) is 2.27. The van der Waals surface area contributed by atoms with Crippen molar-refractivity contribution in [3.05, 3.63) is 28.2 Å². The zero-order chi connectivity index (χ0) is 16.2. The molecule has 3 rings (SSSR count). The van der Waals surface area contributed by atoms with Gasteiger partial charge in [-0.3, -0.25) is 9.69 Å². The predicted octanol–water partition coefficient (Wildman–Crippen LogP) is 2.50. The smallest absolute Gasteiger partial charge is 0.223 e. The molecule has 5 nitrogen and oxygen atoms in total. The van der Waals surface area contributed by atoms with Gasteiger partial charge in [0.25, 0.3) is 0 Å². The minimum atomic E-state index is -0.291. The van der Waals surface area contributed by atoms with Crippen LogP contribution in [-0.2, 0) is 17.8 Å². The Kier molecular flexibility index (Phi) is 5.38. The molecular formula is C18H28N2O3. The molecule has 5 heteroatoms. The molecule has 2 fully saturated rings. The van der Waals surface area contributed by atoms with Gasteiger partial charge < -0.3 is 14.4 Å². The van der Waals surface area contributed by atoms with Crippen LogP contribution in [0.2, 0.25) is 0 Å². The van der Waals surface area contributed by atoms with Gasteiger partial charge in [0.15, 0.2) is 5.75 Å². The van der Waals surface area contributed by atoms with Gasteiger partial charge in [0, 0.05) is 37.5 Å². The van der Waals surface area contributed by atoms with Gasteiger partial charge in [0.05, 0.1) is 12.3 Å². The van der Waals surface area contributed by atoms with Gasteiger partial charge in [0.1, 0.15) is 0 Å². The first-order valence-electron chi connectivity index (χ1n) is 8.87. The van der Waals surface area contributed by atoms with Crippen molar-refractivity contribution < 1.29 is 9.84 Å². The van der Waals surface area contributed by atoms with Gasteiger partial charge in [-0.2, -0.15) is 0 Å². The highest BCUT2D eigenvalue weighted by Crippen LogP contribution is 2.23. The molecule has 0 bridgehead atoms. The van der Waals surface area contributed by atoms with Crippen LogP contribution in [0.1, 0.15) is 50.6 Å². The molecule has 0 spiro atoms. The number of pyridine rings is 1. The molecule has 1 aliphatic heterocycles. The minimum absolute atomic E-state index is 0.174. The number of aromatic hydroxyl groups is 1. The molecule has 1 saturated carbocycles. The summed E-state index contributed by atoms with van der Waals surface area (Å²) in [7, 11) is 2.14. The molecule has 2 heterocycles. The molecular weight excluding hydrogens is 292 g/mol. The third-order valence-electron chi connectivity index (χ3n) is 5.23. The van der Waals surface area contributed by atoms with Crippen molar-refractivity contribution in [2.24, 2.45) is 0 Å². The highest BCUT2D eigenvalue weighted by atomic mass is 16.5. The van der Waals surface area contributed by atoms with Crippen molar-refractivity contribution in [2.75, 3.05) is 13.7 Å². The lowest BCUT2D eigenvalue weighted by Crippen LogP contribution is -2.34. The summed E-state index contributed by atoms with van der Waals surface area (Å²) >= 11 is 0. The zero-order valence-electron chi connectivity index (χ0n) is 14.0. The van der Waals surface area contributed by atoms with Crippen molar-refractivity contribution >= 4 is 0 Å². The molecule has 23 heavy (non-hydrogen) atoms. The summed E-state index contributed by atoms with van der Waals surface area (Å²) in [6.07, 6.45) is 10.3. The van der Waals surface area contributed by atoms with Crippen LogP contribution in [0.3, 0.4) is 0 Å². The quantitative estimate of drug-likeness (QED) is 0.906. The van der Waals surface area contributed by atoms with Crippen LogP contribution in [0.5, 0.6) is 5.75 Å². The van der Waals surface area contributed by atoms with E-state index in [9.17, 15) is 9.90 Å². The third-order valence-corrected chi connectivity index (χ3v) is 5.23. The molecule has 1 saturated heterocycles. The fourth-order valence-corrected chi connectivity index (χ4v) is 3.82. The predicted molar refractivity (Wildman–Crippen MR) is 89.7 cm³/mol. The van der Waals surface area contributed by atoms with Crippen LogP contribution in [0.25, 0.3) is 0 Å². The first-order valence-corrected chi connectivity index (χ1v) is 8.87. The van der Waals surface area contributed by atoms with Crippen LogP contribution < -0.4 is 5.43 Å². The SMILES string of the molecule is CN(Cc1cc(=O)c(O)cn1CC1CCCO1)C1CCCCC1. The second-order valence-electron chi connectivity index (χ2n) is 7.01. The molecule has 1 aromatic heterocycles. The van der Waals surface area contributed by atoms with Crippen LogP contribution in [0, 0.1) is 0 Å². The summed E-state index contributed by atoms with van der Waals surface area (Å²) in [5.74, 6) is -0.174. The van der Waals surface area contributed by atoms with Crippen molar-refractivity contribution in [3.63, 3.8) is 0 Å². The van der Waals surface area contributed by atoms with Crippen molar-refractivity contribution in [3.8, 4) is 5.75 Å². The Morgan fingerprint density at radius 1 is 1.26 bits per heavy atom. The number of aromatic nitrogens is 1. The van der Waals surface area contributed by atoms with E-state index < -0.39 is 0 Å². The standard InChI is InChI=1S/C18H28N2O3/c1-19(14-6-3-2-4-7-14)11-15-10-17(21)18(22)13-20(15)12-16-8-5-9-23-16/h10,13-14,16,22H,2-9,11-12H2,1H3. The van der Waals surface area contributed by atoms with Gasteiger partial charge in [0.2, 0.25) is 5.43 Å². The molecule has 0 amide bonds. The lowest BCUT2D eigenvalue weighted by atomic mass is 9.94. The van der Waals surface area contributed by atoms with Crippen LogP contribution in [0.15, 0.2) is 17.1 Å². The highest BCUT2D eigenvalue weighted by molar-refractivity contribution is 5.20. The molecule has 1 aliphatic carbocycles. The molecule has 1 unspecified atom stereocenters. The van der Waals surface area contributed by atoms with E-state index in [4.69, 9.17) is 4.74 Å². The van der Waals surface area contributed by atoms with Gasteiger partial charge >= 0.3 is 0 Å². The highest BCUT2D eigenvalue weighted by Gasteiger charge is 2.21. The minimum Gasteiger partial charge on any atom is -0.503 e. The number of rotatable bonds is 5. The number of ether oxygens (including phenoxy) is 1. The molecule has 1 N–H and O–H groups in total. The second kappa shape index (κ2) is 7.49. The maximum Gasteiger partial charge on any atom is 0.223 e. The molecule has 1 aromatic rings. The lowest BCUT2D eigenvalue weighted by molar-refractivity contribution is 0.0946. The summed E-state index contributed by atoms with van der Waals surface area (Å²) in [5.41, 5.74) is 0.678. The maximum absolute atomic E-state index is 11.9. The van der Waals surface area contributed by atoms with Crippen molar-refractivity contribution in [1.29, 1.82) is 0 Å². The fraction of sp³-hybridized carbons (Fsp3) is 0.722. The molecule has 2 aliphatic rings. The average molecular weight is 320 g/mol. The maximum atomic E-state index is 11.9. The van der Waals surface area contributed by atoms with Gasteiger partial charge in [-0.1, -0.05) is 19.3 Å². The van der Waals surface area contributed by atoms with Gasteiger partial charge in [-0.15, -0.1) is 0 Å². The lowest BCUT2D eigenvalue weighted by Gasteiger charge is -2.32. The van der Waals surface area contributed by atoms with Crippen LogP contribution >= 0.6 is 0 Å². The Bertz CT molecular complexity index is 572. The van der Waals surface area contributed by atoms with E-state index >= 15 is 0 Å². The van der Waals surface area contributed by atoms with Crippen LogP contribution in [0.4, 0.5) is 0 Å². The largest absolute Gasteiger partial charge is 0.503 e. The Morgan fingerprint density at radius 3 is 2.74 bits per heavy atom. The Labute approximate surface area is 137 Å². The Morgan fingerprint density at radius 2 is 2.04 bits per heavy atom. The zero-order valence-corrected chi connectivity index (χ0v) is 14.0. The number of hydrogen-bond acceptors (Lipinski definition) is 4. The van der Waals surface area contributed by atoms with E-state index in [1.54, 1.807) is 12.3 Å². The van der Waals surface area contributed by atoms with E-state index in [0.717, 1.165) is 31.7 Å². The molecule has 128 valence electrons. The summed E-state index contributed by atoms with van der Waals surface area (Å²) in [5, 5.41) is 9.79. The molecule has 1 atom stereocenters. The monoisotopic (exact) mass is 320 g/mol. The molecule has 0 radical (unpaired) electrons. The fourth-order valence-electron chi connectivity index (χ4n) is 3.82. The van der Waals surface area contributed by atoms with Crippen LogP contribution in [-0.4, -0.2) is 40.4 Å². The van der Waals surface area contributed by atoms with E-state index in [-0.39, 0.29) is 17.3 Å². The van der Waals surface area contributed by atoms with E-state index in [0.29, 0.717) is 12.6 Å². The third kappa shape index (κ3) is 4.15. The summed E-state index contributed by atoms with van der Waals surface area (Å²) < 4.78 is 7.72. The van der Waals surface area contributed by atoms with Gasteiger partial charge in [-0.05, 0) is 32.7 Å². The topological polar surface area (TPSA) is 54.7 Å². The Balaban J connectivity index is 1.75. The normalized spacial score (nSPS) is 22.8. The molecule has 0 aromatic carbocycles. The average Bonchev–Trinajstić information content (AvgIpc) is 3.06. The van der Waals surface area contributed by atoms with E-state index in [1.165, 1.54) is 32.1 Å². The Hall–Kier alpha value is -1.33. The first kappa shape index (κ1) is 16.5. The summed E-state index contributed by atoms with van der Waals surface area (Å²) in [4.78, 5) is 14.2. The second-order valence-corrected chi connectivity index (χ2v) is 7.01. The number of hydrogen-bond donors (Lipinski definition) is 1.